The number of fused-ring (bicyclic) bond motifs is 1. The Labute approximate surface area is 156 Å². The van der Waals surface area contributed by atoms with Crippen LogP contribution in [0.4, 0.5) is 0 Å². The highest BCUT2D eigenvalue weighted by Gasteiger charge is 2.07. The van der Waals surface area contributed by atoms with E-state index >= 15 is 0 Å². The van der Waals surface area contributed by atoms with Crippen molar-refractivity contribution in [2.45, 2.75) is 6.92 Å². The second-order valence-corrected chi connectivity index (χ2v) is 6.79. The van der Waals surface area contributed by atoms with Crippen LogP contribution in [0.3, 0.4) is 0 Å². The van der Waals surface area contributed by atoms with Crippen molar-refractivity contribution in [3.8, 4) is 11.5 Å². The number of carbonyl (C=O) groups excluding carboxylic acids is 1. The van der Waals surface area contributed by atoms with Gasteiger partial charge >= 0.3 is 0 Å². The first-order valence-corrected chi connectivity index (χ1v) is 8.97. The van der Waals surface area contributed by atoms with E-state index in [1.54, 1.807) is 31.6 Å². The molecule has 1 heterocycles. The van der Waals surface area contributed by atoms with Crippen LogP contribution in [0, 0.1) is 6.92 Å². The topological polar surface area (TPSA) is 60.5 Å². The van der Waals surface area contributed by atoms with E-state index in [1.807, 2.05) is 24.3 Å². The Morgan fingerprint density at radius 1 is 1.19 bits per heavy atom. The van der Waals surface area contributed by atoms with Gasteiger partial charge in [-0.1, -0.05) is 18.2 Å². The SMILES string of the molecule is CNC(=O)COc1ccc(C=Cc2nc3cc(C)ccc3s2)cc1OC. The van der Waals surface area contributed by atoms with Gasteiger partial charge in [0.25, 0.3) is 5.91 Å². The Bertz CT molecular complexity index is 963. The monoisotopic (exact) mass is 368 g/mol. The summed E-state index contributed by atoms with van der Waals surface area (Å²) < 4.78 is 12.0. The van der Waals surface area contributed by atoms with Gasteiger partial charge in [0.05, 0.1) is 17.3 Å². The van der Waals surface area contributed by atoms with Crippen molar-refractivity contribution >= 4 is 39.6 Å². The van der Waals surface area contributed by atoms with Gasteiger partial charge in [-0.2, -0.15) is 0 Å². The van der Waals surface area contributed by atoms with E-state index < -0.39 is 0 Å². The van der Waals surface area contributed by atoms with Gasteiger partial charge in [-0.25, -0.2) is 4.98 Å². The van der Waals surface area contributed by atoms with Gasteiger partial charge in [-0.15, -0.1) is 11.3 Å². The van der Waals surface area contributed by atoms with Crippen LogP contribution in [0.25, 0.3) is 22.4 Å². The van der Waals surface area contributed by atoms with E-state index in [1.165, 1.54) is 10.3 Å². The lowest BCUT2D eigenvalue weighted by Crippen LogP contribution is -2.24. The number of nitrogens with zero attached hydrogens (tertiary/aromatic N) is 1. The number of likely N-dealkylation sites (N-methyl/N-ethyl adjacent to an activating group) is 1. The first-order valence-electron chi connectivity index (χ1n) is 8.16. The summed E-state index contributed by atoms with van der Waals surface area (Å²) in [6.45, 7) is 2.02. The van der Waals surface area contributed by atoms with Crippen LogP contribution in [0.1, 0.15) is 16.1 Å². The molecule has 26 heavy (non-hydrogen) atoms. The number of aryl methyl sites for hydroxylation is 1. The van der Waals surface area contributed by atoms with Crippen LogP contribution < -0.4 is 14.8 Å². The van der Waals surface area contributed by atoms with Crippen LogP contribution in [-0.4, -0.2) is 31.7 Å². The molecule has 0 atom stereocenters. The van der Waals surface area contributed by atoms with Gasteiger partial charge in [0, 0.05) is 7.05 Å². The molecule has 6 heteroatoms. The third-order valence-corrected chi connectivity index (χ3v) is 4.80. The zero-order valence-corrected chi connectivity index (χ0v) is 15.7. The average Bonchev–Trinajstić information content (AvgIpc) is 3.06. The first-order chi connectivity index (χ1) is 12.6. The zero-order valence-electron chi connectivity index (χ0n) is 14.9. The summed E-state index contributed by atoms with van der Waals surface area (Å²) >= 11 is 1.65. The number of amides is 1. The van der Waals surface area contributed by atoms with Crippen LogP contribution in [-0.2, 0) is 4.79 Å². The third kappa shape index (κ3) is 4.21. The fraction of sp³-hybridized carbons (Fsp3) is 0.200. The molecule has 0 radical (unpaired) electrons. The van der Waals surface area contributed by atoms with Crippen molar-refractivity contribution < 1.29 is 14.3 Å². The minimum absolute atomic E-state index is 0.0484. The summed E-state index contributed by atoms with van der Waals surface area (Å²) in [6, 6.07) is 11.9. The maximum Gasteiger partial charge on any atom is 0.257 e. The fourth-order valence-electron chi connectivity index (χ4n) is 2.42. The first kappa shape index (κ1) is 17.9. The van der Waals surface area contributed by atoms with Gasteiger partial charge in [-0.3, -0.25) is 4.79 Å². The largest absolute Gasteiger partial charge is 0.493 e. The predicted octanol–water partition coefficient (Wildman–Crippen LogP) is 3.91. The van der Waals surface area contributed by atoms with E-state index in [2.05, 4.69) is 35.4 Å². The molecule has 0 aliphatic rings. The number of ether oxygens (including phenoxy) is 2. The molecule has 3 rings (SSSR count). The zero-order chi connectivity index (χ0) is 18.5. The fourth-order valence-corrected chi connectivity index (χ4v) is 3.27. The maximum absolute atomic E-state index is 11.3. The lowest BCUT2D eigenvalue weighted by molar-refractivity contribution is -0.122. The van der Waals surface area contributed by atoms with Gasteiger partial charge in [-0.05, 0) is 48.4 Å². The molecule has 0 aliphatic heterocycles. The molecule has 1 aromatic heterocycles. The molecule has 2 aromatic carbocycles. The van der Waals surface area contributed by atoms with Gasteiger partial charge in [0.2, 0.25) is 0 Å². The molecular formula is C20H20N2O3S. The third-order valence-electron chi connectivity index (χ3n) is 3.80. The molecule has 1 N–H and O–H groups in total. The van der Waals surface area contributed by atoms with Gasteiger partial charge < -0.3 is 14.8 Å². The average molecular weight is 368 g/mol. The number of rotatable bonds is 6. The number of thiazole rings is 1. The Balaban J connectivity index is 1.77. The van der Waals surface area contributed by atoms with E-state index in [-0.39, 0.29) is 12.5 Å². The highest BCUT2D eigenvalue weighted by atomic mass is 32.1. The summed E-state index contributed by atoms with van der Waals surface area (Å²) in [5.74, 6) is 0.918. The highest BCUT2D eigenvalue weighted by Crippen LogP contribution is 2.29. The molecular weight excluding hydrogens is 348 g/mol. The standard InChI is InChI=1S/C20H20N2O3S/c1-13-4-8-18-15(10-13)22-20(26-18)9-6-14-5-7-16(17(11-14)24-3)25-12-19(23)21-2/h4-11H,12H2,1-3H3,(H,21,23). The number of nitrogens with one attached hydrogen (secondary N) is 1. The molecule has 134 valence electrons. The lowest BCUT2D eigenvalue weighted by Gasteiger charge is -2.10. The molecule has 0 bridgehead atoms. The van der Waals surface area contributed by atoms with Crippen molar-refractivity contribution in [2.75, 3.05) is 20.8 Å². The smallest absolute Gasteiger partial charge is 0.257 e. The summed E-state index contributed by atoms with van der Waals surface area (Å²) in [6.07, 6.45) is 3.97. The number of hydrogen-bond donors (Lipinski definition) is 1. The van der Waals surface area contributed by atoms with Crippen LogP contribution in [0.2, 0.25) is 0 Å². The molecule has 0 fully saturated rings. The molecule has 0 unspecified atom stereocenters. The summed E-state index contributed by atoms with van der Waals surface area (Å²) in [7, 11) is 3.14. The van der Waals surface area contributed by atoms with Crippen molar-refractivity contribution in [1.29, 1.82) is 0 Å². The minimum atomic E-state index is -0.193. The molecule has 0 saturated carbocycles. The van der Waals surface area contributed by atoms with Crippen molar-refractivity contribution in [1.82, 2.24) is 10.3 Å². The second kappa shape index (κ2) is 8.01. The van der Waals surface area contributed by atoms with Gasteiger partial charge in [0.1, 0.15) is 5.01 Å². The number of hydrogen-bond acceptors (Lipinski definition) is 5. The molecule has 5 nitrogen and oxygen atoms in total. The highest BCUT2D eigenvalue weighted by molar-refractivity contribution is 7.19. The van der Waals surface area contributed by atoms with E-state index in [4.69, 9.17) is 9.47 Å². The van der Waals surface area contributed by atoms with E-state index in [0.29, 0.717) is 11.5 Å². The molecule has 0 saturated heterocycles. The number of benzene rings is 2. The van der Waals surface area contributed by atoms with Crippen LogP contribution in [0.5, 0.6) is 11.5 Å². The predicted molar refractivity (Wildman–Crippen MR) is 106 cm³/mol. The molecule has 0 aliphatic carbocycles. The Kier molecular flexibility index (Phi) is 5.53. The molecule has 1 amide bonds. The van der Waals surface area contributed by atoms with E-state index in [9.17, 15) is 4.79 Å². The van der Waals surface area contributed by atoms with Crippen molar-refractivity contribution in [2.24, 2.45) is 0 Å². The Morgan fingerprint density at radius 3 is 2.81 bits per heavy atom. The van der Waals surface area contributed by atoms with Gasteiger partial charge in [0.15, 0.2) is 18.1 Å². The maximum atomic E-state index is 11.3. The summed E-state index contributed by atoms with van der Waals surface area (Å²) in [5.41, 5.74) is 3.19. The van der Waals surface area contributed by atoms with E-state index in [0.717, 1.165) is 16.1 Å². The quantitative estimate of drug-likeness (QED) is 0.717. The Hall–Kier alpha value is -2.86. The van der Waals surface area contributed by atoms with Crippen LogP contribution >= 0.6 is 11.3 Å². The molecule has 3 aromatic rings. The summed E-state index contributed by atoms with van der Waals surface area (Å²) in [5, 5.41) is 3.46. The van der Waals surface area contributed by atoms with Crippen molar-refractivity contribution in [3.05, 3.63) is 52.5 Å². The lowest BCUT2D eigenvalue weighted by atomic mass is 10.2. The summed E-state index contributed by atoms with van der Waals surface area (Å²) in [4.78, 5) is 16.0. The minimum Gasteiger partial charge on any atom is -0.493 e. The van der Waals surface area contributed by atoms with Crippen molar-refractivity contribution in [3.63, 3.8) is 0 Å². The number of methoxy groups -OCH3 is 1. The normalized spacial score (nSPS) is 11.0. The molecule has 0 spiro atoms. The number of carbonyl (C=O) groups is 1. The number of aromatic nitrogens is 1. The second-order valence-electron chi connectivity index (χ2n) is 5.73. The van der Waals surface area contributed by atoms with Crippen LogP contribution in [0.15, 0.2) is 36.4 Å². The Morgan fingerprint density at radius 2 is 2.04 bits per heavy atom.